The van der Waals surface area contributed by atoms with E-state index >= 15 is 0 Å². The van der Waals surface area contributed by atoms with E-state index in [0.717, 1.165) is 51.4 Å². The first-order valence-electron chi connectivity index (χ1n) is 11.3. The lowest BCUT2D eigenvalue weighted by atomic mass is 9.95. The average Bonchev–Trinajstić information content (AvgIpc) is 3.20. The highest BCUT2D eigenvalue weighted by atomic mass is 16.5. The third-order valence-electron chi connectivity index (χ3n) is 6.56. The number of rotatable bonds is 10. The number of hydrogen-bond donors (Lipinski definition) is 0. The van der Waals surface area contributed by atoms with Crippen LogP contribution in [0.2, 0.25) is 0 Å². The Morgan fingerprint density at radius 1 is 1.24 bits per heavy atom. The van der Waals surface area contributed by atoms with Gasteiger partial charge in [0.1, 0.15) is 0 Å². The van der Waals surface area contributed by atoms with E-state index in [2.05, 4.69) is 26.6 Å². The Hall–Kier alpha value is -1.50. The minimum absolute atomic E-state index is 0.253. The van der Waals surface area contributed by atoms with E-state index < -0.39 is 0 Å². The van der Waals surface area contributed by atoms with Crippen molar-refractivity contribution in [3.8, 4) is 0 Å². The van der Waals surface area contributed by atoms with E-state index in [1.54, 1.807) is 13.3 Å². The van der Waals surface area contributed by atoms with Gasteiger partial charge in [0.15, 0.2) is 0 Å². The Kier molecular flexibility index (Phi) is 8.90. The molecule has 2 aliphatic rings. The van der Waals surface area contributed by atoms with Gasteiger partial charge in [0.05, 0.1) is 13.0 Å². The van der Waals surface area contributed by atoms with Gasteiger partial charge < -0.3 is 14.5 Å². The van der Waals surface area contributed by atoms with Gasteiger partial charge >= 0.3 is 0 Å². The van der Waals surface area contributed by atoms with Crippen LogP contribution >= 0.6 is 0 Å². The highest BCUT2D eigenvalue weighted by Crippen LogP contribution is 2.22. The molecule has 0 aliphatic carbocycles. The van der Waals surface area contributed by atoms with Crippen LogP contribution in [0.25, 0.3) is 0 Å². The van der Waals surface area contributed by atoms with Crippen molar-refractivity contribution in [1.82, 2.24) is 19.7 Å². The van der Waals surface area contributed by atoms with E-state index in [1.807, 2.05) is 18.3 Å². The van der Waals surface area contributed by atoms with Crippen LogP contribution in [0.15, 0.2) is 24.5 Å². The molecule has 0 aromatic carbocycles. The first kappa shape index (κ1) is 22.2. The highest BCUT2D eigenvalue weighted by molar-refractivity contribution is 5.78. The van der Waals surface area contributed by atoms with Crippen molar-refractivity contribution in [3.05, 3.63) is 30.1 Å². The second kappa shape index (κ2) is 11.6. The number of carbonyl (C=O) groups excluding carboxylic acids is 1. The molecule has 3 heterocycles. The molecule has 6 nitrogen and oxygen atoms in total. The molecule has 1 atom stereocenters. The van der Waals surface area contributed by atoms with Crippen molar-refractivity contribution in [2.75, 3.05) is 59.5 Å². The zero-order valence-corrected chi connectivity index (χ0v) is 18.3. The second-order valence-electron chi connectivity index (χ2n) is 8.54. The maximum Gasteiger partial charge on any atom is 0.227 e. The molecule has 162 valence electrons. The number of amides is 1. The lowest BCUT2D eigenvalue weighted by molar-refractivity contribution is -0.132. The zero-order valence-electron chi connectivity index (χ0n) is 18.3. The predicted octanol–water partition coefficient (Wildman–Crippen LogP) is 2.30. The van der Waals surface area contributed by atoms with E-state index in [0.29, 0.717) is 18.4 Å². The standard InChI is InChI=1S/C23H38N4O2/c1-3-26-11-5-7-22(26)19-27(23(28)16-21-6-4-10-24-17-21)18-20-8-12-25(13-9-20)14-15-29-2/h4,6,10,17,20,22H,3,5,7-9,11-16,18-19H2,1-2H3. The van der Waals surface area contributed by atoms with Gasteiger partial charge in [-0.1, -0.05) is 13.0 Å². The van der Waals surface area contributed by atoms with Gasteiger partial charge in [0, 0.05) is 45.2 Å². The summed E-state index contributed by atoms with van der Waals surface area (Å²) in [5.74, 6) is 0.853. The summed E-state index contributed by atoms with van der Waals surface area (Å²) in [6.07, 6.45) is 8.84. The van der Waals surface area contributed by atoms with Crippen LogP contribution in [0.1, 0.15) is 38.2 Å². The minimum atomic E-state index is 0.253. The Labute approximate surface area is 176 Å². The minimum Gasteiger partial charge on any atom is -0.383 e. The van der Waals surface area contributed by atoms with Crippen molar-refractivity contribution in [1.29, 1.82) is 0 Å². The third-order valence-corrected chi connectivity index (χ3v) is 6.56. The van der Waals surface area contributed by atoms with Crippen molar-refractivity contribution < 1.29 is 9.53 Å². The molecule has 1 amide bonds. The van der Waals surface area contributed by atoms with Gasteiger partial charge in [-0.2, -0.15) is 0 Å². The van der Waals surface area contributed by atoms with Crippen LogP contribution in [0, 0.1) is 5.92 Å². The van der Waals surface area contributed by atoms with Crippen LogP contribution in [-0.2, 0) is 16.0 Å². The van der Waals surface area contributed by atoms with Gasteiger partial charge in [-0.05, 0) is 69.4 Å². The van der Waals surface area contributed by atoms with E-state index in [4.69, 9.17) is 4.74 Å². The maximum absolute atomic E-state index is 13.2. The summed E-state index contributed by atoms with van der Waals surface area (Å²) in [5, 5.41) is 0. The molecule has 3 rings (SSSR count). The molecule has 1 unspecified atom stereocenters. The number of carbonyl (C=O) groups is 1. The molecule has 0 bridgehead atoms. The summed E-state index contributed by atoms with van der Waals surface area (Å²) in [6.45, 7) is 10.3. The first-order valence-corrected chi connectivity index (χ1v) is 11.3. The van der Waals surface area contributed by atoms with Crippen LogP contribution in [-0.4, -0.2) is 91.2 Å². The third kappa shape index (κ3) is 6.76. The fourth-order valence-electron chi connectivity index (χ4n) is 4.76. The van der Waals surface area contributed by atoms with Crippen molar-refractivity contribution >= 4 is 5.91 Å². The van der Waals surface area contributed by atoms with Crippen molar-refractivity contribution in [2.24, 2.45) is 5.92 Å². The number of methoxy groups -OCH3 is 1. The van der Waals surface area contributed by atoms with Gasteiger partial charge in [0.25, 0.3) is 0 Å². The lowest BCUT2D eigenvalue weighted by Gasteiger charge is -2.36. The number of likely N-dealkylation sites (tertiary alicyclic amines) is 2. The molecule has 29 heavy (non-hydrogen) atoms. The molecule has 1 aromatic heterocycles. The van der Waals surface area contributed by atoms with Crippen LogP contribution in [0.3, 0.4) is 0 Å². The van der Waals surface area contributed by atoms with Crippen molar-refractivity contribution in [2.45, 2.75) is 45.1 Å². The Bertz CT molecular complexity index is 604. The summed E-state index contributed by atoms with van der Waals surface area (Å²) < 4.78 is 5.21. The van der Waals surface area contributed by atoms with Gasteiger partial charge in [-0.15, -0.1) is 0 Å². The Balaban J connectivity index is 1.59. The molecule has 6 heteroatoms. The summed E-state index contributed by atoms with van der Waals surface area (Å²) in [6, 6.07) is 4.43. The van der Waals surface area contributed by atoms with Gasteiger partial charge in [-0.25, -0.2) is 0 Å². The summed E-state index contributed by atoms with van der Waals surface area (Å²) >= 11 is 0. The molecular formula is C23H38N4O2. The molecule has 1 aromatic rings. The number of aromatic nitrogens is 1. The Morgan fingerprint density at radius 2 is 2.07 bits per heavy atom. The average molecular weight is 403 g/mol. The molecule has 2 saturated heterocycles. The fraction of sp³-hybridized carbons (Fsp3) is 0.739. The largest absolute Gasteiger partial charge is 0.383 e. The van der Waals surface area contributed by atoms with Gasteiger partial charge in [-0.3, -0.25) is 14.7 Å². The first-order chi connectivity index (χ1) is 14.2. The van der Waals surface area contributed by atoms with Crippen LogP contribution in [0.5, 0.6) is 0 Å². The van der Waals surface area contributed by atoms with Crippen molar-refractivity contribution in [3.63, 3.8) is 0 Å². The van der Waals surface area contributed by atoms with Crippen LogP contribution in [0.4, 0.5) is 0 Å². The normalized spacial score (nSPS) is 21.5. The predicted molar refractivity (Wildman–Crippen MR) is 116 cm³/mol. The molecule has 2 fully saturated rings. The Morgan fingerprint density at radius 3 is 2.76 bits per heavy atom. The molecule has 0 spiro atoms. The highest BCUT2D eigenvalue weighted by Gasteiger charge is 2.29. The number of nitrogens with zero attached hydrogens (tertiary/aromatic N) is 4. The SMILES string of the molecule is CCN1CCCC1CN(CC1CCN(CCOC)CC1)C(=O)Cc1cccnc1. The maximum atomic E-state index is 13.2. The molecular weight excluding hydrogens is 364 g/mol. The number of pyridine rings is 1. The summed E-state index contributed by atoms with van der Waals surface area (Å²) in [7, 11) is 1.76. The monoisotopic (exact) mass is 402 g/mol. The quantitative estimate of drug-likeness (QED) is 0.601. The topological polar surface area (TPSA) is 48.9 Å². The van der Waals surface area contributed by atoms with Gasteiger partial charge in [0.2, 0.25) is 5.91 Å². The van der Waals surface area contributed by atoms with E-state index in [1.165, 1.54) is 32.2 Å². The molecule has 2 aliphatic heterocycles. The summed E-state index contributed by atoms with van der Waals surface area (Å²) in [5.41, 5.74) is 1.01. The number of ether oxygens (including phenoxy) is 1. The number of hydrogen-bond acceptors (Lipinski definition) is 5. The number of likely N-dealkylation sites (N-methyl/N-ethyl adjacent to an activating group) is 1. The van der Waals surface area contributed by atoms with E-state index in [9.17, 15) is 4.79 Å². The summed E-state index contributed by atoms with van der Waals surface area (Å²) in [4.78, 5) is 24.6. The smallest absolute Gasteiger partial charge is 0.227 e. The zero-order chi connectivity index (χ0) is 20.5. The molecule has 0 radical (unpaired) electrons. The fourth-order valence-corrected chi connectivity index (χ4v) is 4.76. The lowest BCUT2D eigenvalue weighted by Crippen LogP contribution is -2.47. The molecule has 0 N–H and O–H groups in total. The second-order valence-corrected chi connectivity index (χ2v) is 8.54. The number of piperidine rings is 1. The molecule has 0 saturated carbocycles. The van der Waals surface area contributed by atoms with Crippen LogP contribution < -0.4 is 0 Å². The van der Waals surface area contributed by atoms with E-state index in [-0.39, 0.29) is 5.91 Å².